The molecule has 0 aliphatic carbocycles. The van der Waals surface area contributed by atoms with Crippen LogP contribution in [0.2, 0.25) is 0 Å². The lowest BCUT2D eigenvalue weighted by molar-refractivity contribution is 0.0971. The number of hydrogen-bond acceptors (Lipinski definition) is 3. The Morgan fingerprint density at radius 2 is 1.78 bits per heavy atom. The number of ketones is 1. The lowest BCUT2D eigenvalue weighted by Gasteiger charge is -2.19. The Labute approximate surface area is 144 Å². The van der Waals surface area contributed by atoms with Crippen LogP contribution in [-0.4, -0.2) is 31.6 Å². The van der Waals surface area contributed by atoms with Gasteiger partial charge in [-0.05, 0) is 49.2 Å². The van der Waals surface area contributed by atoms with E-state index in [0.29, 0.717) is 18.5 Å². The number of halogens is 1. The van der Waals surface area contributed by atoms with Crippen molar-refractivity contribution in [3.05, 3.63) is 63.6 Å². The van der Waals surface area contributed by atoms with E-state index in [9.17, 15) is 13.2 Å². The number of fused-ring (bicyclic) bond motifs is 1. The minimum absolute atomic E-state index is 0.120. The third kappa shape index (κ3) is 3.24. The fourth-order valence-corrected chi connectivity index (χ4v) is 4.48. The summed E-state index contributed by atoms with van der Waals surface area (Å²) in [6, 6.07) is 12.1. The summed E-state index contributed by atoms with van der Waals surface area (Å²) >= 11 is 3.39. The molecule has 3 rings (SSSR count). The predicted molar refractivity (Wildman–Crippen MR) is 92.1 cm³/mol. The van der Waals surface area contributed by atoms with E-state index in [1.54, 1.807) is 36.4 Å². The van der Waals surface area contributed by atoms with Crippen LogP contribution in [0.3, 0.4) is 0 Å². The average Bonchev–Trinajstić information content (AvgIpc) is 2.67. The predicted octanol–water partition coefficient (Wildman–Crippen LogP) is 3.19. The van der Waals surface area contributed by atoms with E-state index in [1.807, 2.05) is 13.0 Å². The van der Waals surface area contributed by atoms with Crippen molar-refractivity contribution < 1.29 is 13.2 Å². The van der Waals surface area contributed by atoms with Gasteiger partial charge in [-0.15, -0.1) is 0 Å². The maximum Gasteiger partial charge on any atom is 0.243 e. The van der Waals surface area contributed by atoms with Gasteiger partial charge in [0.25, 0.3) is 0 Å². The van der Waals surface area contributed by atoms with E-state index < -0.39 is 10.0 Å². The number of hydrogen-bond donors (Lipinski definition) is 0. The third-order valence-electron chi connectivity index (χ3n) is 3.98. The second-order valence-corrected chi connectivity index (χ2v) is 8.48. The SMILES string of the molecule is Cc1ccc(S(=O)(=O)N2CCc3cc(Br)ccc3C(=O)C2)cc1. The minimum Gasteiger partial charge on any atom is -0.293 e. The van der Waals surface area contributed by atoms with Gasteiger partial charge in [0.05, 0.1) is 11.4 Å². The Bertz CT molecular complexity index is 860. The van der Waals surface area contributed by atoms with Crippen molar-refractivity contribution in [2.75, 3.05) is 13.1 Å². The summed E-state index contributed by atoms with van der Waals surface area (Å²) in [6.07, 6.45) is 0.519. The molecule has 0 amide bonds. The Hall–Kier alpha value is -1.50. The quantitative estimate of drug-likeness (QED) is 0.786. The van der Waals surface area contributed by atoms with Gasteiger partial charge in [-0.3, -0.25) is 4.79 Å². The number of Topliss-reactive ketones (excluding diaryl/α,β-unsaturated/α-hetero) is 1. The Balaban J connectivity index is 1.94. The largest absolute Gasteiger partial charge is 0.293 e. The number of nitrogens with zero attached hydrogens (tertiary/aromatic N) is 1. The van der Waals surface area contributed by atoms with Gasteiger partial charge in [-0.1, -0.05) is 33.6 Å². The van der Waals surface area contributed by atoms with Gasteiger partial charge in [0.15, 0.2) is 5.78 Å². The average molecular weight is 394 g/mol. The Morgan fingerprint density at radius 1 is 1.09 bits per heavy atom. The first-order chi connectivity index (χ1) is 10.9. The first-order valence-corrected chi connectivity index (χ1v) is 9.50. The zero-order valence-corrected chi connectivity index (χ0v) is 15.0. The number of carbonyl (C=O) groups is 1. The molecule has 1 heterocycles. The van der Waals surface area contributed by atoms with Crippen LogP contribution in [0.15, 0.2) is 51.8 Å². The van der Waals surface area contributed by atoms with Crippen LogP contribution in [0, 0.1) is 6.92 Å². The van der Waals surface area contributed by atoms with Crippen molar-refractivity contribution in [2.24, 2.45) is 0 Å². The maximum absolute atomic E-state index is 12.8. The lowest BCUT2D eigenvalue weighted by Crippen LogP contribution is -2.35. The van der Waals surface area contributed by atoms with Gasteiger partial charge in [0.2, 0.25) is 10.0 Å². The zero-order valence-electron chi connectivity index (χ0n) is 12.6. The number of sulfonamides is 1. The standard InChI is InChI=1S/C17H16BrNO3S/c1-12-2-5-15(6-3-12)23(21,22)19-9-8-13-10-14(18)4-7-16(13)17(20)11-19/h2-7,10H,8-9,11H2,1H3. The zero-order chi connectivity index (χ0) is 16.6. The summed E-state index contributed by atoms with van der Waals surface area (Å²) in [7, 11) is -3.66. The monoisotopic (exact) mass is 393 g/mol. The molecule has 0 N–H and O–H groups in total. The number of benzene rings is 2. The van der Waals surface area contributed by atoms with Crippen LogP contribution < -0.4 is 0 Å². The molecule has 6 heteroatoms. The molecular formula is C17H16BrNO3S. The van der Waals surface area contributed by atoms with Gasteiger partial charge in [0.1, 0.15) is 0 Å². The second-order valence-electron chi connectivity index (χ2n) is 5.63. The third-order valence-corrected chi connectivity index (χ3v) is 6.33. The highest BCUT2D eigenvalue weighted by molar-refractivity contribution is 9.10. The van der Waals surface area contributed by atoms with Crippen molar-refractivity contribution >= 4 is 31.7 Å². The van der Waals surface area contributed by atoms with Crippen molar-refractivity contribution in [2.45, 2.75) is 18.2 Å². The molecule has 0 atom stereocenters. The van der Waals surface area contributed by atoms with Crippen molar-refractivity contribution in [3.8, 4) is 0 Å². The fourth-order valence-electron chi connectivity index (χ4n) is 2.68. The molecule has 0 saturated heterocycles. The maximum atomic E-state index is 12.8. The highest BCUT2D eigenvalue weighted by Gasteiger charge is 2.30. The second kappa shape index (κ2) is 6.19. The summed E-state index contributed by atoms with van der Waals surface area (Å²) in [5.74, 6) is -0.166. The number of rotatable bonds is 2. The van der Waals surface area contributed by atoms with E-state index in [0.717, 1.165) is 15.6 Å². The Morgan fingerprint density at radius 3 is 2.48 bits per heavy atom. The van der Waals surface area contributed by atoms with E-state index in [4.69, 9.17) is 0 Å². The molecular weight excluding hydrogens is 378 g/mol. The normalized spacial score (nSPS) is 16.0. The molecule has 1 aliphatic heterocycles. The molecule has 1 aliphatic rings. The first kappa shape index (κ1) is 16.4. The summed E-state index contributed by atoms with van der Waals surface area (Å²) in [5, 5.41) is 0. The molecule has 0 bridgehead atoms. The van der Waals surface area contributed by atoms with Gasteiger partial charge in [0, 0.05) is 16.6 Å². The summed E-state index contributed by atoms with van der Waals surface area (Å²) in [5.41, 5.74) is 2.48. The molecule has 0 spiro atoms. The van der Waals surface area contributed by atoms with Crippen molar-refractivity contribution in [1.82, 2.24) is 4.31 Å². The van der Waals surface area contributed by atoms with Gasteiger partial charge >= 0.3 is 0 Å². The van der Waals surface area contributed by atoms with Crippen LogP contribution in [0.4, 0.5) is 0 Å². The molecule has 2 aromatic rings. The summed E-state index contributed by atoms with van der Waals surface area (Å²) in [4.78, 5) is 12.7. The highest BCUT2D eigenvalue weighted by atomic mass is 79.9. The highest BCUT2D eigenvalue weighted by Crippen LogP contribution is 2.24. The van der Waals surface area contributed by atoms with Crippen LogP contribution in [0.1, 0.15) is 21.5 Å². The molecule has 2 aromatic carbocycles. The molecule has 0 saturated carbocycles. The molecule has 0 aromatic heterocycles. The summed E-state index contributed by atoms with van der Waals surface area (Å²) in [6.45, 7) is 2.08. The summed E-state index contributed by atoms with van der Waals surface area (Å²) < 4.78 is 27.7. The van der Waals surface area contributed by atoms with Crippen molar-refractivity contribution in [3.63, 3.8) is 0 Å². The first-order valence-electron chi connectivity index (χ1n) is 7.26. The fraction of sp³-hybridized carbons (Fsp3) is 0.235. The van der Waals surface area contributed by atoms with Gasteiger partial charge in [-0.2, -0.15) is 4.31 Å². The molecule has 0 fully saturated rings. The van der Waals surface area contributed by atoms with E-state index in [2.05, 4.69) is 15.9 Å². The number of carbonyl (C=O) groups excluding carboxylic acids is 1. The molecule has 4 nitrogen and oxygen atoms in total. The minimum atomic E-state index is -3.66. The van der Waals surface area contributed by atoms with Crippen LogP contribution in [0.25, 0.3) is 0 Å². The molecule has 0 radical (unpaired) electrons. The van der Waals surface area contributed by atoms with E-state index >= 15 is 0 Å². The van der Waals surface area contributed by atoms with E-state index in [1.165, 1.54) is 4.31 Å². The van der Waals surface area contributed by atoms with Crippen LogP contribution in [-0.2, 0) is 16.4 Å². The lowest BCUT2D eigenvalue weighted by atomic mass is 10.0. The van der Waals surface area contributed by atoms with Crippen LogP contribution >= 0.6 is 15.9 Å². The molecule has 0 unspecified atom stereocenters. The molecule has 120 valence electrons. The van der Waals surface area contributed by atoms with Gasteiger partial charge in [-0.25, -0.2) is 8.42 Å². The molecule has 23 heavy (non-hydrogen) atoms. The van der Waals surface area contributed by atoms with Gasteiger partial charge < -0.3 is 0 Å². The van der Waals surface area contributed by atoms with Crippen LogP contribution in [0.5, 0.6) is 0 Å². The van der Waals surface area contributed by atoms with Crippen molar-refractivity contribution in [1.29, 1.82) is 0 Å². The Kier molecular flexibility index (Phi) is 4.40. The van der Waals surface area contributed by atoms with E-state index in [-0.39, 0.29) is 17.2 Å². The number of aryl methyl sites for hydroxylation is 1. The smallest absolute Gasteiger partial charge is 0.243 e. The topological polar surface area (TPSA) is 54.5 Å².